The highest BCUT2D eigenvalue weighted by Crippen LogP contribution is 2.29. The number of hydrogen-bond acceptors (Lipinski definition) is 4. The molecule has 2 aromatic carbocycles. The van der Waals surface area contributed by atoms with Crippen molar-refractivity contribution in [3.05, 3.63) is 59.4 Å². The number of aromatic nitrogens is 2. The lowest BCUT2D eigenvalue weighted by molar-refractivity contribution is 0.200. The molecule has 3 rings (SSSR count). The summed E-state index contributed by atoms with van der Waals surface area (Å²) in [5.74, 6) is 0.624. The van der Waals surface area contributed by atoms with Crippen LogP contribution in [0.2, 0.25) is 5.28 Å². The van der Waals surface area contributed by atoms with E-state index in [2.05, 4.69) is 15.3 Å². The number of rotatable bonds is 3. The predicted molar refractivity (Wildman–Crippen MR) is 84.9 cm³/mol. The van der Waals surface area contributed by atoms with Crippen LogP contribution in [-0.4, -0.2) is 15.1 Å². The quantitative estimate of drug-likeness (QED) is 0.716. The van der Waals surface area contributed by atoms with E-state index in [-0.39, 0.29) is 5.28 Å². The zero-order valence-electron chi connectivity index (χ0n) is 11.4. The normalized spacial score (nSPS) is 12.3. The first-order valence-electron chi connectivity index (χ1n) is 6.61. The molecule has 0 saturated carbocycles. The Morgan fingerprint density at radius 1 is 1.05 bits per heavy atom. The molecule has 1 aromatic heterocycles. The molecule has 0 fully saturated rings. The minimum absolute atomic E-state index is 0.186. The lowest BCUT2D eigenvalue weighted by atomic mass is 10.1. The van der Waals surface area contributed by atoms with Gasteiger partial charge in [-0.05, 0) is 36.7 Å². The van der Waals surface area contributed by atoms with Crippen LogP contribution < -0.4 is 5.32 Å². The molecule has 0 saturated heterocycles. The van der Waals surface area contributed by atoms with E-state index in [0.717, 1.165) is 22.2 Å². The van der Waals surface area contributed by atoms with Gasteiger partial charge in [0.1, 0.15) is 5.82 Å². The van der Waals surface area contributed by atoms with Crippen molar-refractivity contribution in [2.45, 2.75) is 13.0 Å². The molecule has 2 N–H and O–H groups in total. The van der Waals surface area contributed by atoms with Gasteiger partial charge < -0.3 is 10.4 Å². The molecule has 0 aliphatic rings. The molecule has 21 heavy (non-hydrogen) atoms. The summed E-state index contributed by atoms with van der Waals surface area (Å²) >= 11 is 5.98. The zero-order chi connectivity index (χ0) is 14.8. The van der Waals surface area contributed by atoms with Gasteiger partial charge in [-0.25, -0.2) is 4.98 Å². The van der Waals surface area contributed by atoms with Gasteiger partial charge in [-0.1, -0.05) is 30.3 Å². The maximum atomic E-state index is 9.85. The molecule has 0 amide bonds. The van der Waals surface area contributed by atoms with Crippen LogP contribution in [0.1, 0.15) is 18.6 Å². The second-order valence-electron chi connectivity index (χ2n) is 4.75. The number of aliphatic hydroxyl groups is 1. The summed E-state index contributed by atoms with van der Waals surface area (Å²) in [5.41, 5.74) is 2.37. The van der Waals surface area contributed by atoms with Gasteiger partial charge in [0.15, 0.2) is 0 Å². The number of para-hydroxylation sites is 2. The van der Waals surface area contributed by atoms with E-state index in [1.807, 2.05) is 48.5 Å². The molecule has 0 bridgehead atoms. The van der Waals surface area contributed by atoms with Crippen LogP contribution in [0.25, 0.3) is 10.9 Å². The molecule has 0 radical (unpaired) electrons. The molecule has 3 aromatic rings. The summed E-state index contributed by atoms with van der Waals surface area (Å²) < 4.78 is 0. The molecular weight excluding hydrogens is 286 g/mol. The van der Waals surface area contributed by atoms with Crippen molar-refractivity contribution < 1.29 is 5.11 Å². The van der Waals surface area contributed by atoms with Gasteiger partial charge >= 0.3 is 0 Å². The highest BCUT2D eigenvalue weighted by molar-refractivity contribution is 6.28. The Balaban J connectivity index is 2.10. The average Bonchev–Trinajstić information content (AvgIpc) is 2.47. The summed E-state index contributed by atoms with van der Waals surface area (Å²) in [5, 5.41) is 14.2. The molecule has 5 heteroatoms. The Morgan fingerprint density at radius 3 is 2.57 bits per heavy atom. The van der Waals surface area contributed by atoms with Gasteiger partial charge in [-0.3, -0.25) is 0 Å². The van der Waals surface area contributed by atoms with Gasteiger partial charge in [0, 0.05) is 16.6 Å². The number of fused-ring (bicyclic) bond motifs is 1. The van der Waals surface area contributed by atoms with E-state index in [0.29, 0.717) is 5.82 Å². The van der Waals surface area contributed by atoms with Crippen LogP contribution in [0.5, 0.6) is 0 Å². The average molecular weight is 300 g/mol. The summed E-state index contributed by atoms with van der Waals surface area (Å²) in [4.78, 5) is 8.46. The highest BCUT2D eigenvalue weighted by atomic mass is 35.5. The first-order chi connectivity index (χ1) is 10.1. The molecule has 0 aliphatic heterocycles. The van der Waals surface area contributed by atoms with E-state index in [1.54, 1.807) is 6.92 Å². The summed E-state index contributed by atoms with van der Waals surface area (Å²) in [6.45, 7) is 1.73. The summed E-state index contributed by atoms with van der Waals surface area (Å²) in [6.07, 6.45) is -0.572. The Kier molecular flexibility index (Phi) is 3.73. The van der Waals surface area contributed by atoms with Crippen LogP contribution in [-0.2, 0) is 0 Å². The number of aliphatic hydroxyl groups excluding tert-OH is 1. The maximum absolute atomic E-state index is 9.85. The topological polar surface area (TPSA) is 58.0 Å². The molecule has 0 spiro atoms. The van der Waals surface area contributed by atoms with Gasteiger partial charge in [0.2, 0.25) is 5.28 Å². The highest BCUT2D eigenvalue weighted by Gasteiger charge is 2.11. The fourth-order valence-corrected chi connectivity index (χ4v) is 2.42. The van der Waals surface area contributed by atoms with Crippen molar-refractivity contribution in [3.8, 4) is 0 Å². The second kappa shape index (κ2) is 5.68. The number of anilines is 2. The van der Waals surface area contributed by atoms with E-state index in [9.17, 15) is 5.11 Å². The lowest BCUT2D eigenvalue weighted by Crippen LogP contribution is -2.02. The third-order valence-corrected chi connectivity index (χ3v) is 3.41. The van der Waals surface area contributed by atoms with E-state index in [1.165, 1.54) is 0 Å². The summed E-state index contributed by atoms with van der Waals surface area (Å²) in [6, 6.07) is 15.2. The fourth-order valence-electron chi connectivity index (χ4n) is 2.25. The summed E-state index contributed by atoms with van der Waals surface area (Å²) in [7, 11) is 0. The van der Waals surface area contributed by atoms with Crippen LogP contribution in [0, 0.1) is 0 Å². The number of nitrogens with one attached hydrogen (secondary N) is 1. The smallest absolute Gasteiger partial charge is 0.224 e. The Morgan fingerprint density at radius 2 is 1.76 bits per heavy atom. The third kappa shape index (κ3) is 2.82. The first kappa shape index (κ1) is 13.8. The first-order valence-corrected chi connectivity index (χ1v) is 6.99. The monoisotopic (exact) mass is 299 g/mol. The second-order valence-corrected chi connectivity index (χ2v) is 5.08. The van der Waals surface area contributed by atoms with E-state index >= 15 is 0 Å². The zero-order valence-corrected chi connectivity index (χ0v) is 12.2. The van der Waals surface area contributed by atoms with Crippen molar-refractivity contribution in [1.29, 1.82) is 0 Å². The molecule has 106 valence electrons. The Labute approximate surface area is 127 Å². The van der Waals surface area contributed by atoms with E-state index < -0.39 is 6.10 Å². The van der Waals surface area contributed by atoms with Crippen LogP contribution in [0.3, 0.4) is 0 Å². The molecular formula is C16H14ClN3O. The number of benzene rings is 2. The number of hydrogen-bond donors (Lipinski definition) is 2. The Bertz CT molecular complexity index is 789. The largest absolute Gasteiger partial charge is 0.389 e. The molecule has 1 atom stereocenters. The fraction of sp³-hybridized carbons (Fsp3) is 0.125. The van der Waals surface area contributed by atoms with Crippen molar-refractivity contribution in [2.24, 2.45) is 0 Å². The lowest BCUT2D eigenvalue weighted by Gasteiger charge is -2.14. The maximum Gasteiger partial charge on any atom is 0.224 e. The van der Waals surface area contributed by atoms with Gasteiger partial charge in [-0.2, -0.15) is 4.98 Å². The van der Waals surface area contributed by atoms with Crippen molar-refractivity contribution in [3.63, 3.8) is 0 Å². The molecule has 1 unspecified atom stereocenters. The minimum atomic E-state index is -0.572. The standard InChI is InChI=1S/C16H14ClN3O/c1-10(21)11-6-2-4-8-13(11)18-15-12-7-3-5-9-14(12)19-16(17)20-15/h2-10,21H,1H3,(H,18,19,20). The van der Waals surface area contributed by atoms with Crippen LogP contribution in [0.4, 0.5) is 11.5 Å². The van der Waals surface area contributed by atoms with E-state index in [4.69, 9.17) is 11.6 Å². The minimum Gasteiger partial charge on any atom is -0.389 e. The number of nitrogens with zero attached hydrogens (tertiary/aromatic N) is 2. The van der Waals surface area contributed by atoms with Crippen LogP contribution >= 0.6 is 11.6 Å². The Hall–Kier alpha value is -2.17. The SMILES string of the molecule is CC(O)c1ccccc1Nc1nc(Cl)nc2ccccc12. The van der Waals surface area contributed by atoms with Gasteiger partial charge in [0.05, 0.1) is 11.6 Å². The molecule has 4 nitrogen and oxygen atoms in total. The van der Waals surface area contributed by atoms with Crippen molar-refractivity contribution in [1.82, 2.24) is 9.97 Å². The third-order valence-electron chi connectivity index (χ3n) is 3.24. The van der Waals surface area contributed by atoms with Gasteiger partial charge in [-0.15, -0.1) is 0 Å². The molecule has 0 aliphatic carbocycles. The molecule has 1 heterocycles. The van der Waals surface area contributed by atoms with Crippen molar-refractivity contribution in [2.75, 3.05) is 5.32 Å². The van der Waals surface area contributed by atoms with Crippen molar-refractivity contribution >= 4 is 34.0 Å². The van der Waals surface area contributed by atoms with Gasteiger partial charge in [0.25, 0.3) is 0 Å². The number of halogens is 1. The van der Waals surface area contributed by atoms with Crippen LogP contribution in [0.15, 0.2) is 48.5 Å². The predicted octanol–water partition coefficient (Wildman–Crippen LogP) is 4.08.